The third-order valence-corrected chi connectivity index (χ3v) is 5.68. The van der Waals surface area contributed by atoms with Crippen molar-refractivity contribution in [3.05, 3.63) is 29.6 Å². The van der Waals surface area contributed by atoms with Gasteiger partial charge in [0.15, 0.2) is 5.60 Å². The average Bonchev–Trinajstić information content (AvgIpc) is 2.70. The van der Waals surface area contributed by atoms with Crippen molar-refractivity contribution in [1.29, 1.82) is 0 Å². The van der Waals surface area contributed by atoms with Crippen molar-refractivity contribution in [1.82, 2.24) is 21.0 Å². The van der Waals surface area contributed by atoms with Crippen LogP contribution >= 0.6 is 0 Å². The molecule has 1 spiro atoms. The number of nitrogens with one attached hydrogen (secondary N) is 3. The Hall–Kier alpha value is -2.97. The van der Waals surface area contributed by atoms with E-state index in [9.17, 15) is 14.4 Å². The van der Waals surface area contributed by atoms with Crippen molar-refractivity contribution in [2.45, 2.75) is 57.6 Å². The third-order valence-electron chi connectivity index (χ3n) is 5.68. The molecule has 2 heterocycles. The van der Waals surface area contributed by atoms with E-state index < -0.39 is 23.5 Å². The Bertz CT molecular complexity index is 830. The molecule has 156 valence electrons. The molecule has 1 saturated carbocycles. The first-order chi connectivity index (χ1) is 13.8. The van der Waals surface area contributed by atoms with Crippen molar-refractivity contribution >= 4 is 23.6 Å². The molecule has 1 aliphatic heterocycles. The van der Waals surface area contributed by atoms with Gasteiger partial charge in [-0.15, -0.1) is 0 Å². The molecule has 1 atom stereocenters. The number of rotatable bonds is 4. The van der Waals surface area contributed by atoms with Crippen molar-refractivity contribution < 1.29 is 19.1 Å². The van der Waals surface area contributed by atoms with Gasteiger partial charge in [-0.2, -0.15) is 5.10 Å². The molecule has 0 bridgehead atoms. The van der Waals surface area contributed by atoms with Crippen LogP contribution in [0.2, 0.25) is 0 Å². The molecule has 29 heavy (non-hydrogen) atoms. The van der Waals surface area contributed by atoms with Gasteiger partial charge in [0.05, 0.1) is 0 Å². The Morgan fingerprint density at radius 1 is 1.34 bits per heavy atom. The summed E-state index contributed by atoms with van der Waals surface area (Å²) in [5, 5.41) is 9.36. The molecule has 3 N–H and O–H groups in total. The van der Waals surface area contributed by atoms with Crippen LogP contribution in [-0.2, 0) is 14.3 Å². The highest BCUT2D eigenvalue weighted by atomic mass is 16.6. The molecule has 0 unspecified atom stereocenters. The minimum absolute atomic E-state index is 0.122. The summed E-state index contributed by atoms with van der Waals surface area (Å²) in [4.78, 5) is 39.2. The minimum Gasteiger partial charge on any atom is -0.435 e. The Labute approximate surface area is 169 Å². The van der Waals surface area contributed by atoms with Gasteiger partial charge in [-0.3, -0.25) is 14.6 Å². The average molecular weight is 401 g/mol. The Balaban J connectivity index is 1.67. The molecule has 2 aliphatic rings. The number of hydrazone groups is 1. The molecule has 1 aromatic heterocycles. The SMILES string of the molecule is CNC(=O)C(=O)N[C@@H](C)CC1CCC2(CC1)OC(=O)NN=C2c1cnccc1C. The second-order valence-electron chi connectivity index (χ2n) is 7.78. The molecule has 1 fully saturated rings. The summed E-state index contributed by atoms with van der Waals surface area (Å²) < 4.78 is 5.77. The maximum atomic E-state index is 11.9. The molecule has 1 aromatic rings. The van der Waals surface area contributed by atoms with Crippen LogP contribution in [0, 0.1) is 12.8 Å². The lowest BCUT2D eigenvalue weighted by Crippen LogP contribution is -2.52. The van der Waals surface area contributed by atoms with E-state index in [1.54, 1.807) is 12.4 Å². The van der Waals surface area contributed by atoms with Gasteiger partial charge in [0, 0.05) is 31.0 Å². The predicted octanol–water partition coefficient (Wildman–Crippen LogP) is 1.40. The topological polar surface area (TPSA) is 122 Å². The zero-order chi connectivity index (χ0) is 21.0. The van der Waals surface area contributed by atoms with E-state index in [1.165, 1.54) is 7.05 Å². The van der Waals surface area contributed by atoms with Crippen LogP contribution in [0.1, 0.15) is 50.2 Å². The molecule has 0 saturated heterocycles. The van der Waals surface area contributed by atoms with Gasteiger partial charge in [-0.05, 0) is 63.5 Å². The zero-order valence-corrected chi connectivity index (χ0v) is 16.9. The summed E-state index contributed by atoms with van der Waals surface area (Å²) >= 11 is 0. The van der Waals surface area contributed by atoms with Gasteiger partial charge in [0.2, 0.25) is 0 Å². The molecule has 0 radical (unpaired) electrons. The fraction of sp³-hybridized carbons (Fsp3) is 0.550. The van der Waals surface area contributed by atoms with Crippen LogP contribution in [0.25, 0.3) is 0 Å². The molecule has 3 amide bonds. The number of hydrogen-bond acceptors (Lipinski definition) is 6. The van der Waals surface area contributed by atoms with Gasteiger partial charge < -0.3 is 15.4 Å². The standard InChI is InChI=1S/C20H27N5O4/c1-12-6-9-22-11-15(12)16-20(29-19(28)25-24-16)7-4-14(5-8-20)10-13(2)23-18(27)17(26)21-3/h6,9,11,13-14H,4-5,7-8,10H2,1-3H3,(H,21,26)(H,23,27)(H,25,28)/t13-,14?,20?/m0/s1. The van der Waals surface area contributed by atoms with Gasteiger partial charge in [-0.1, -0.05) is 0 Å². The molecule has 9 heteroatoms. The summed E-state index contributed by atoms with van der Waals surface area (Å²) in [5.74, 6) is -0.916. The van der Waals surface area contributed by atoms with E-state index in [4.69, 9.17) is 4.74 Å². The Kier molecular flexibility index (Phi) is 6.14. The highest BCUT2D eigenvalue weighted by Crippen LogP contribution is 2.40. The van der Waals surface area contributed by atoms with Crippen molar-refractivity contribution in [2.75, 3.05) is 7.05 Å². The van der Waals surface area contributed by atoms with Crippen LogP contribution in [-0.4, -0.2) is 47.3 Å². The van der Waals surface area contributed by atoms with Crippen LogP contribution in [0.4, 0.5) is 4.79 Å². The van der Waals surface area contributed by atoms with E-state index in [-0.39, 0.29) is 6.04 Å². The number of ether oxygens (including phenoxy) is 1. The fourth-order valence-corrected chi connectivity index (χ4v) is 4.15. The summed E-state index contributed by atoms with van der Waals surface area (Å²) in [6, 6.07) is 1.79. The van der Waals surface area contributed by atoms with Crippen molar-refractivity contribution in [2.24, 2.45) is 11.0 Å². The lowest BCUT2D eigenvalue weighted by atomic mass is 9.72. The number of pyridine rings is 1. The molecule has 3 rings (SSSR count). The van der Waals surface area contributed by atoms with Crippen LogP contribution < -0.4 is 16.1 Å². The van der Waals surface area contributed by atoms with E-state index in [0.29, 0.717) is 24.5 Å². The molecule has 9 nitrogen and oxygen atoms in total. The number of aryl methyl sites for hydroxylation is 1. The van der Waals surface area contributed by atoms with E-state index in [1.807, 2.05) is 19.9 Å². The lowest BCUT2D eigenvalue weighted by Gasteiger charge is -2.42. The molecule has 0 aromatic carbocycles. The highest BCUT2D eigenvalue weighted by Gasteiger charge is 2.46. The smallest absolute Gasteiger partial charge is 0.428 e. The summed E-state index contributed by atoms with van der Waals surface area (Å²) in [6.07, 6.45) is 6.63. The summed E-state index contributed by atoms with van der Waals surface area (Å²) in [6.45, 7) is 3.87. The number of likely N-dealkylation sites (N-methyl/N-ethyl adjacent to an activating group) is 1. The number of carbonyl (C=O) groups is 3. The maximum absolute atomic E-state index is 11.9. The van der Waals surface area contributed by atoms with E-state index in [0.717, 1.165) is 30.4 Å². The van der Waals surface area contributed by atoms with Crippen molar-refractivity contribution in [3.63, 3.8) is 0 Å². The predicted molar refractivity (Wildman–Crippen MR) is 106 cm³/mol. The van der Waals surface area contributed by atoms with Crippen LogP contribution in [0.3, 0.4) is 0 Å². The third kappa shape index (κ3) is 4.55. The molecular formula is C20H27N5O4. The molecule has 1 aliphatic carbocycles. The number of nitrogens with zero attached hydrogens (tertiary/aromatic N) is 2. The van der Waals surface area contributed by atoms with Gasteiger partial charge >= 0.3 is 17.9 Å². The molecular weight excluding hydrogens is 374 g/mol. The number of aromatic nitrogens is 1. The fourth-order valence-electron chi connectivity index (χ4n) is 4.15. The first-order valence-corrected chi connectivity index (χ1v) is 9.85. The van der Waals surface area contributed by atoms with Crippen LogP contribution in [0.5, 0.6) is 0 Å². The summed E-state index contributed by atoms with van der Waals surface area (Å²) in [5.41, 5.74) is 4.26. The number of amides is 3. The quantitative estimate of drug-likeness (QED) is 0.659. The maximum Gasteiger partial charge on any atom is 0.428 e. The van der Waals surface area contributed by atoms with E-state index in [2.05, 4.69) is 26.1 Å². The van der Waals surface area contributed by atoms with Gasteiger partial charge in [0.25, 0.3) is 0 Å². The first-order valence-electron chi connectivity index (χ1n) is 9.85. The largest absolute Gasteiger partial charge is 0.435 e. The van der Waals surface area contributed by atoms with Crippen molar-refractivity contribution in [3.8, 4) is 0 Å². The second-order valence-corrected chi connectivity index (χ2v) is 7.78. The Morgan fingerprint density at radius 2 is 2.07 bits per heavy atom. The second kappa shape index (κ2) is 8.59. The summed E-state index contributed by atoms with van der Waals surface area (Å²) in [7, 11) is 1.43. The van der Waals surface area contributed by atoms with Crippen LogP contribution in [0.15, 0.2) is 23.6 Å². The highest BCUT2D eigenvalue weighted by molar-refractivity contribution is 6.35. The van der Waals surface area contributed by atoms with E-state index >= 15 is 0 Å². The first kappa shape index (κ1) is 20.8. The zero-order valence-electron chi connectivity index (χ0n) is 16.9. The Morgan fingerprint density at radius 3 is 2.72 bits per heavy atom. The number of carbonyl (C=O) groups excluding carboxylic acids is 3. The van der Waals surface area contributed by atoms with Gasteiger partial charge in [0.1, 0.15) is 5.71 Å². The normalized spacial score (nSPS) is 24.7. The van der Waals surface area contributed by atoms with Gasteiger partial charge in [-0.25, -0.2) is 10.2 Å². The minimum atomic E-state index is -0.763. The monoisotopic (exact) mass is 401 g/mol. The number of hydrogen-bond donors (Lipinski definition) is 3. The lowest BCUT2D eigenvalue weighted by molar-refractivity contribution is -0.139.